The average molecular weight is 514 g/mol. The molecule has 2 aliphatic rings. The predicted molar refractivity (Wildman–Crippen MR) is 136 cm³/mol. The maximum Gasteiger partial charge on any atom is 0.231 e. The molecule has 10 heteroatoms. The molecule has 1 amide bonds. The van der Waals surface area contributed by atoms with E-state index in [1.165, 1.54) is 11.1 Å². The summed E-state index contributed by atoms with van der Waals surface area (Å²) in [5.74, 6) is 3.76. The first-order valence-corrected chi connectivity index (χ1v) is 11.4. The number of aromatic nitrogens is 1. The number of hydrogen-bond acceptors (Lipinski definition) is 8. The summed E-state index contributed by atoms with van der Waals surface area (Å²) in [4.78, 5) is 19.1. The smallest absolute Gasteiger partial charge is 0.231 e. The van der Waals surface area contributed by atoms with Crippen LogP contribution in [0.4, 0.5) is 5.69 Å². The number of carbonyl (C=O) groups is 1. The van der Waals surface area contributed by atoms with Crippen LogP contribution in [0.2, 0.25) is 0 Å². The van der Waals surface area contributed by atoms with Gasteiger partial charge in [0.05, 0.1) is 26.1 Å². The van der Waals surface area contributed by atoms with Crippen LogP contribution < -0.4 is 29.0 Å². The second-order valence-electron chi connectivity index (χ2n) is 8.30. The summed E-state index contributed by atoms with van der Waals surface area (Å²) in [5.41, 5.74) is 3.09. The lowest BCUT2D eigenvalue weighted by molar-refractivity contribution is -0.116. The van der Waals surface area contributed by atoms with Crippen LogP contribution in [-0.2, 0) is 17.8 Å². The van der Waals surface area contributed by atoms with Crippen LogP contribution in [0.5, 0.6) is 34.6 Å². The summed E-state index contributed by atoms with van der Waals surface area (Å²) in [5, 5.41) is 2.90. The van der Waals surface area contributed by atoms with E-state index in [-0.39, 0.29) is 25.1 Å². The predicted octanol–water partition coefficient (Wildman–Crippen LogP) is 4.43. The first-order valence-electron chi connectivity index (χ1n) is 11.4. The molecule has 190 valence electrons. The van der Waals surface area contributed by atoms with Crippen molar-refractivity contribution in [2.45, 2.75) is 19.4 Å². The Bertz CT molecular complexity index is 1220. The molecular weight excluding hydrogens is 486 g/mol. The van der Waals surface area contributed by atoms with Crippen molar-refractivity contribution in [1.29, 1.82) is 0 Å². The number of benzene rings is 2. The average Bonchev–Trinajstić information content (AvgIpc) is 3.35. The number of nitrogens with zero attached hydrogens (tertiary/aromatic N) is 2. The van der Waals surface area contributed by atoms with Crippen molar-refractivity contribution in [2.24, 2.45) is 0 Å². The van der Waals surface area contributed by atoms with Crippen LogP contribution in [0.15, 0.2) is 48.7 Å². The van der Waals surface area contributed by atoms with Gasteiger partial charge < -0.3 is 29.0 Å². The molecule has 0 atom stereocenters. The Morgan fingerprint density at radius 3 is 2.56 bits per heavy atom. The first-order chi connectivity index (χ1) is 17.1. The fourth-order valence-corrected chi connectivity index (χ4v) is 4.19. The Labute approximate surface area is 215 Å². The molecule has 0 unspecified atom stereocenters. The Morgan fingerprint density at radius 1 is 1.03 bits per heavy atom. The zero-order chi connectivity index (χ0) is 24.2. The molecule has 1 aromatic heterocycles. The Morgan fingerprint density at radius 2 is 1.81 bits per heavy atom. The van der Waals surface area contributed by atoms with Gasteiger partial charge >= 0.3 is 0 Å². The summed E-state index contributed by atoms with van der Waals surface area (Å²) in [6.07, 6.45) is 2.88. The molecule has 5 rings (SSSR count). The summed E-state index contributed by atoms with van der Waals surface area (Å²) < 4.78 is 27.3. The Hall–Kier alpha value is -3.69. The molecular formula is C26H28ClN3O6. The van der Waals surface area contributed by atoms with Crippen LogP contribution in [0.25, 0.3) is 0 Å². The van der Waals surface area contributed by atoms with E-state index >= 15 is 0 Å². The van der Waals surface area contributed by atoms with E-state index in [1.807, 2.05) is 12.1 Å². The van der Waals surface area contributed by atoms with Gasteiger partial charge in [0.2, 0.25) is 18.6 Å². The lowest BCUT2D eigenvalue weighted by Crippen LogP contribution is -2.33. The maximum absolute atomic E-state index is 12.5. The number of fused-ring (bicyclic) bond motifs is 2. The van der Waals surface area contributed by atoms with Crippen molar-refractivity contribution in [3.05, 3.63) is 59.8 Å². The molecule has 0 bridgehead atoms. The number of anilines is 1. The van der Waals surface area contributed by atoms with Crippen molar-refractivity contribution in [2.75, 3.05) is 39.4 Å². The summed E-state index contributed by atoms with van der Waals surface area (Å²) in [6, 6.07) is 12.9. The van der Waals surface area contributed by atoms with Crippen molar-refractivity contribution >= 4 is 24.0 Å². The van der Waals surface area contributed by atoms with Crippen molar-refractivity contribution in [3.8, 4) is 34.6 Å². The van der Waals surface area contributed by atoms with Gasteiger partial charge in [-0.15, -0.1) is 12.4 Å². The highest BCUT2D eigenvalue weighted by molar-refractivity contribution is 5.90. The number of pyridine rings is 1. The topological polar surface area (TPSA) is 91.4 Å². The molecule has 3 heterocycles. The van der Waals surface area contributed by atoms with Gasteiger partial charge in [-0.3, -0.25) is 9.69 Å². The fraction of sp³-hybridized carbons (Fsp3) is 0.308. The van der Waals surface area contributed by atoms with Crippen LogP contribution in [0.1, 0.15) is 17.5 Å². The summed E-state index contributed by atoms with van der Waals surface area (Å²) in [6.45, 7) is 2.54. The van der Waals surface area contributed by atoms with E-state index in [9.17, 15) is 4.79 Å². The molecule has 3 aromatic rings. The third-order valence-corrected chi connectivity index (χ3v) is 6.04. The minimum Gasteiger partial charge on any atom is -0.493 e. The normalized spacial score (nSPS) is 13.8. The van der Waals surface area contributed by atoms with Crippen LogP contribution in [-0.4, -0.2) is 49.9 Å². The molecule has 2 aliphatic heterocycles. The third-order valence-electron chi connectivity index (χ3n) is 6.04. The number of amides is 1. The van der Waals surface area contributed by atoms with Gasteiger partial charge in [0, 0.05) is 38.2 Å². The first kappa shape index (κ1) is 25.4. The number of hydrogen-bond donors (Lipinski definition) is 1. The van der Waals surface area contributed by atoms with Gasteiger partial charge in [0.15, 0.2) is 23.0 Å². The number of ether oxygens (including phenoxy) is 5. The largest absolute Gasteiger partial charge is 0.493 e. The van der Waals surface area contributed by atoms with E-state index in [2.05, 4.69) is 15.2 Å². The summed E-state index contributed by atoms with van der Waals surface area (Å²) >= 11 is 0. The second kappa shape index (κ2) is 11.4. The highest BCUT2D eigenvalue weighted by Gasteiger charge is 2.20. The van der Waals surface area contributed by atoms with Crippen molar-refractivity contribution in [3.63, 3.8) is 0 Å². The van der Waals surface area contributed by atoms with Gasteiger partial charge in [-0.05, 0) is 47.9 Å². The molecule has 36 heavy (non-hydrogen) atoms. The third kappa shape index (κ3) is 5.75. The molecule has 0 fully saturated rings. The van der Waals surface area contributed by atoms with Gasteiger partial charge in [0.25, 0.3) is 0 Å². The zero-order valence-corrected chi connectivity index (χ0v) is 20.9. The van der Waals surface area contributed by atoms with Gasteiger partial charge in [-0.25, -0.2) is 4.98 Å². The van der Waals surface area contributed by atoms with Crippen molar-refractivity contribution < 1.29 is 28.5 Å². The molecule has 2 aromatic carbocycles. The summed E-state index contributed by atoms with van der Waals surface area (Å²) in [7, 11) is 3.29. The lowest BCUT2D eigenvalue weighted by Gasteiger charge is -2.29. The number of nitrogens with one attached hydrogen (secondary N) is 1. The maximum atomic E-state index is 12.5. The number of methoxy groups -OCH3 is 2. The highest BCUT2D eigenvalue weighted by atomic mass is 35.5. The number of rotatable bonds is 8. The monoisotopic (exact) mass is 513 g/mol. The van der Waals surface area contributed by atoms with Crippen molar-refractivity contribution in [1.82, 2.24) is 9.88 Å². The minimum absolute atomic E-state index is 0. The SMILES string of the molecule is COc1cc2c(cc1OC)CN(CCC(=O)Nc1ccc(Oc3ccc4c(c3)OCO4)nc1)CC2.Cl. The number of halogens is 1. The standard InChI is InChI=1S/C26H27N3O6.ClH/c1-31-22-11-17-7-9-29(15-18(17)12-23(22)32-2)10-8-25(30)28-19-3-6-26(27-14-19)35-20-4-5-21-24(13-20)34-16-33-21;/h3-6,11-14H,7-10,15-16H2,1-2H3,(H,28,30);1H. The Balaban J connectivity index is 0.00000304. The fourth-order valence-electron chi connectivity index (χ4n) is 4.19. The van der Waals surface area contributed by atoms with Crippen LogP contribution in [0, 0.1) is 0 Å². The second-order valence-corrected chi connectivity index (χ2v) is 8.30. The molecule has 0 saturated carbocycles. The van der Waals surface area contributed by atoms with Gasteiger partial charge in [0.1, 0.15) is 5.75 Å². The lowest BCUT2D eigenvalue weighted by atomic mass is 9.98. The van der Waals surface area contributed by atoms with E-state index in [0.717, 1.165) is 31.0 Å². The molecule has 0 radical (unpaired) electrons. The highest BCUT2D eigenvalue weighted by Crippen LogP contribution is 2.36. The molecule has 0 spiro atoms. The van der Waals surface area contributed by atoms with E-state index in [0.29, 0.717) is 41.8 Å². The van der Waals surface area contributed by atoms with Crippen LogP contribution >= 0.6 is 12.4 Å². The number of carbonyl (C=O) groups excluding carboxylic acids is 1. The van der Waals surface area contributed by atoms with E-state index in [1.54, 1.807) is 50.7 Å². The van der Waals surface area contributed by atoms with E-state index < -0.39 is 0 Å². The minimum atomic E-state index is -0.0608. The molecule has 1 N–H and O–H groups in total. The van der Waals surface area contributed by atoms with E-state index in [4.69, 9.17) is 23.7 Å². The zero-order valence-electron chi connectivity index (χ0n) is 20.1. The van der Waals surface area contributed by atoms with Gasteiger partial charge in [-0.1, -0.05) is 0 Å². The molecule has 0 aliphatic carbocycles. The van der Waals surface area contributed by atoms with Crippen LogP contribution in [0.3, 0.4) is 0 Å². The van der Waals surface area contributed by atoms with Gasteiger partial charge in [-0.2, -0.15) is 0 Å². The quantitative estimate of drug-likeness (QED) is 0.473. The molecule has 9 nitrogen and oxygen atoms in total. The molecule has 0 saturated heterocycles. The Kier molecular flexibility index (Phi) is 8.02.